The lowest BCUT2D eigenvalue weighted by Crippen LogP contribution is -2.30. The summed E-state index contributed by atoms with van der Waals surface area (Å²) in [6.45, 7) is 5.54. The second-order valence-electron chi connectivity index (χ2n) is 3.10. The van der Waals surface area contributed by atoms with Gasteiger partial charge in [-0.2, -0.15) is 0 Å². The van der Waals surface area contributed by atoms with Crippen molar-refractivity contribution in [1.82, 2.24) is 5.32 Å². The lowest BCUT2D eigenvalue weighted by Gasteiger charge is -2.18. The highest BCUT2D eigenvalue weighted by molar-refractivity contribution is 6.55. The molecule has 1 unspecified atom stereocenters. The summed E-state index contributed by atoms with van der Waals surface area (Å²) in [4.78, 5) is 9.60. The van der Waals surface area contributed by atoms with Gasteiger partial charge in [0, 0.05) is 6.04 Å². The highest BCUT2D eigenvalue weighted by atomic mass is 16.5. The lowest BCUT2D eigenvalue weighted by molar-refractivity contribution is 0.179. The van der Waals surface area contributed by atoms with Gasteiger partial charge >= 0.3 is 0 Å². The van der Waals surface area contributed by atoms with Crippen LogP contribution in [-0.2, 0) is 4.74 Å². The first kappa shape index (κ1) is 12.5. The van der Waals surface area contributed by atoms with Crippen molar-refractivity contribution in [3.8, 4) is 0 Å². The highest BCUT2D eigenvalue weighted by Crippen LogP contribution is 2.04. The number of carbonyl (C=O) groups is 1. The molecule has 0 amide bonds. The van der Waals surface area contributed by atoms with E-state index in [0.29, 0.717) is 6.61 Å². The van der Waals surface area contributed by atoms with Crippen molar-refractivity contribution in [2.75, 3.05) is 13.2 Å². The molecular weight excluding hydrogens is 165 g/mol. The Morgan fingerprint density at radius 3 is 2.46 bits per heavy atom. The number of nitrogens with one attached hydrogen (secondary N) is 1. The minimum absolute atomic E-state index is 0.356. The zero-order valence-electron chi connectivity index (χ0n) is 8.51. The molecule has 1 heterocycles. The van der Waals surface area contributed by atoms with Crippen LogP contribution in [0.4, 0.5) is 4.79 Å². The topological polar surface area (TPSA) is 38.3 Å². The Labute approximate surface area is 81.6 Å². The average Bonchev–Trinajstić information content (AvgIpc) is 2.06. The van der Waals surface area contributed by atoms with Crippen LogP contribution in [0.1, 0.15) is 33.1 Å². The zero-order chi connectivity index (χ0) is 10.1. The van der Waals surface area contributed by atoms with Crippen molar-refractivity contribution < 1.29 is 9.53 Å². The molecule has 1 N–H and O–H groups in total. The Kier molecular flexibility index (Phi) is 7.79. The minimum atomic E-state index is -0.711. The van der Waals surface area contributed by atoms with Crippen LogP contribution in [0.15, 0.2) is 0 Å². The highest BCUT2D eigenvalue weighted by Gasteiger charge is 2.04. The second-order valence-corrected chi connectivity index (χ2v) is 3.10. The van der Waals surface area contributed by atoms with Crippen LogP contribution < -0.4 is 5.32 Å². The molecule has 1 aliphatic heterocycles. The van der Waals surface area contributed by atoms with E-state index in [-0.39, 0.29) is 0 Å². The van der Waals surface area contributed by atoms with Crippen LogP contribution in [-0.4, -0.2) is 32.9 Å². The molecule has 0 saturated carbocycles. The predicted octanol–water partition coefficient (Wildman–Crippen LogP) is 1.46. The third kappa shape index (κ3) is 9.41. The largest absolute Gasteiger partial charge is 0.475 e. The molecule has 4 heteroatoms. The molecule has 0 spiro atoms. The van der Waals surface area contributed by atoms with E-state index in [1.165, 1.54) is 25.8 Å². The van der Waals surface area contributed by atoms with Gasteiger partial charge in [-0.25, -0.2) is 0 Å². The van der Waals surface area contributed by atoms with Crippen LogP contribution in [0.25, 0.3) is 0 Å². The summed E-state index contributed by atoms with van der Waals surface area (Å²) in [6, 6.07) is 0.786. The summed E-state index contributed by atoms with van der Waals surface area (Å²) in [6.07, 6.45) is 4.18. The van der Waals surface area contributed by atoms with Crippen LogP contribution in [0.5, 0.6) is 0 Å². The number of piperidine rings is 1. The van der Waals surface area contributed by atoms with Gasteiger partial charge in [0.2, 0.25) is 13.7 Å². The third-order valence-electron chi connectivity index (χ3n) is 1.84. The van der Waals surface area contributed by atoms with Crippen molar-refractivity contribution in [2.24, 2.45) is 0 Å². The van der Waals surface area contributed by atoms with E-state index in [1.54, 1.807) is 6.92 Å². The molecule has 1 rings (SSSR count). The van der Waals surface area contributed by atoms with Gasteiger partial charge in [0.05, 0.1) is 6.61 Å². The maximum Gasteiger partial charge on any atom is 0.235 e. The number of hydrogen-bond donors (Lipinski definition) is 1. The molecule has 1 fully saturated rings. The molecule has 1 atom stereocenters. The van der Waals surface area contributed by atoms with E-state index in [0.717, 1.165) is 6.04 Å². The fourth-order valence-electron chi connectivity index (χ4n) is 1.17. The first-order valence-electron chi connectivity index (χ1n) is 4.82. The van der Waals surface area contributed by atoms with Crippen LogP contribution in [0.2, 0.25) is 0 Å². The summed E-state index contributed by atoms with van der Waals surface area (Å²) < 4.78 is 4.18. The van der Waals surface area contributed by atoms with Crippen molar-refractivity contribution >= 4 is 13.7 Å². The maximum absolute atomic E-state index is 9.60. The van der Waals surface area contributed by atoms with Crippen LogP contribution >= 0.6 is 0 Å². The molecule has 13 heavy (non-hydrogen) atoms. The average molecular weight is 183 g/mol. The first-order chi connectivity index (χ1) is 6.16. The van der Waals surface area contributed by atoms with Gasteiger partial charge in [0.25, 0.3) is 0 Å². The monoisotopic (exact) mass is 183 g/mol. The van der Waals surface area contributed by atoms with Crippen molar-refractivity contribution in [3.05, 3.63) is 0 Å². The number of carbonyl (C=O) groups excluding carboxylic acids is 1. The van der Waals surface area contributed by atoms with E-state index in [9.17, 15) is 4.79 Å². The SMILES string of the molecule is CC1CCCCN1.[B]C(=O)OCC. The minimum Gasteiger partial charge on any atom is -0.475 e. The first-order valence-corrected chi connectivity index (χ1v) is 4.82. The molecule has 0 bridgehead atoms. The molecule has 0 aromatic rings. The number of ether oxygens (including phenoxy) is 1. The van der Waals surface area contributed by atoms with Crippen molar-refractivity contribution in [2.45, 2.75) is 39.2 Å². The Morgan fingerprint density at radius 2 is 2.31 bits per heavy atom. The van der Waals surface area contributed by atoms with Gasteiger partial charge in [-0.15, -0.1) is 0 Å². The van der Waals surface area contributed by atoms with Crippen LogP contribution in [0, 0.1) is 0 Å². The molecule has 1 saturated heterocycles. The zero-order valence-corrected chi connectivity index (χ0v) is 8.51. The summed E-state index contributed by atoms with van der Waals surface area (Å²) in [5.74, 6) is -0.711. The van der Waals surface area contributed by atoms with Gasteiger partial charge in [-0.05, 0) is 33.2 Å². The Balaban J connectivity index is 0.000000226. The quantitative estimate of drug-likeness (QED) is 0.625. The Hall–Kier alpha value is -0.505. The molecule has 2 radical (unpaired) electrons. The van der Waals surface area contributed by atoms with E-state index < -0.39 is 5.87 Å². The van der Waals surface area contributed by atoms with E-state index >= 15 is 0 Å². The molecule has 0 aromatic heterocycles. The third-order valence-corrected chi connectivity index (χ3v) is 1.84. The molecule has 74 valence electrons. The van der Waals surface area contributed by atoms with Gasteiger partial charge in [-0.3, -0.25) is 4.79 Å². The van der Waals surface area contributed by atoms with E-state index in [4.69, 9.17) is 0 Å². The summed E-state index contributed by atoms with van der Waals surface area (Å²) in [7, 11) is 4.54. The lowest BCUT2D eigenvalue weighted by atomic mass is 10.1. The molecule has 3 nitrogen and oxygen atoms in total. The van der Waals surface area contributed by atoms with Gasteiger partial charge in [0.1, 0.15) is 0 Å². The molecule has 0 aromatic carbocycles. The van der Waals surface area contributed by atoms with Gasteiger partial charge in [-0.1, -0.05) is 6.42 Å². The predicted molar refractivity (Wildman–Crippen MR) is 54.1 cm³/mol. The standard InChI is InChI=1S/C6H13N.C3H5BO2/c1-6-4-2-3-5-7-6;1-2-6-3(4)5/h6-7H,2-5H2,1H3;2H2,1H3. The summed E-state index contributed by atoms with van der Waals surface area (Å²) in [5.41, 5.74) is 0. The van der Waals surface area contributed by atoms with Crippen molar-refractivity contribution in [1.29, 1.82) is 0 Å². The van der Waals surface area contributed by atoms with E-state index in [1.807, 2.05) is 0 Å². The molecule has 1 aliphatic rings. The number of hydrogen-bond acceptors (Lipinski definition) is 3. The second kappa shape index (κ2) is 8.11. The fraction of sp³-hybridized carbons (Fsp3) is 0.889. The van der Waals surface area contributed by atoms with E-state index in [2.05, 4.69) is 24.8 Å². The summed E-state index contributed by atoms with van der Waals surface area (Å²) in [5, 5.41) is 3.38. The van der Waals surface area contributed by atoms with Gasteiger partial charge in [0.15, 0.2) is 0 Å². The van der Waals surface area contributed by atoms with Crippen LogP contribution in [0.3, 0.4) is 0 Å². The fourth-order valence-corrected chi connectivity index (χ4v) is 1.17. The normalized spacial score (nSPS) is 21.2. The molecular formula is C9H18BNO2. The Bertz CT molecular complexity index is 136. The maximum atomic E-state index is 9.60. The van der Waals surface area contributed by atoms with Crippen molar-refractivity contribution in [3.63, 3.8) is 0 Å². The summed E-state index contributed by atoms with van der Waals surface area (Å²) >= 11 is 0. The van der Waals surface area contributed by atoms with Gasteiger partial charge < -0.3 is 10.1 Å². The molecule has 0 aliphatic carbocycles. The Morgan fingerprint density at radius 1 is 1.62 bits per heavy atom. The smallest absolute Gasteiger partial charge is 0.235 e. The number of rotatable bonds is 1.